The van der Waals surface area contributed by atoms with Crippen LogP contribution in [0.1, 0.15) is 53.0 Å². The van der Waals surface area contributed by atoms with Gasteiger partial charge in [0, 0.05) is 0 Å². The van der Waals surface area contributed by atoms with E-state index in [1.807, 2.05) is 32.0 Å². The van der Waals surface area contributed by atoms with Crippen molar-refractivity contribution in [3.05, 3.63) is 59.2 Å². The van der Waals surface area contributed by atoms with Crippen LogP contribution >= 0.6 is 0 Å². The van der Waals surface area contributed by atoms with Crippen molar-refractivity contribution in [2.45, 2.75) is 33.3 Å². The second-order valence-electron chi connectivity index (χ2n) is 5.93. The lowest BCUT2D eigenvalue weighted by Crippen LogP contribution is -2.10. The van der Waals surface area contributed by atoms with Gasteiger partial charge in [0.2, 0.25) is 0 Å². The largest absolute Gasteiger partial charge is 0.462 e. The van der Waals surface area contributed by atoms with Gasteiger partial charge in [-0.1, -0.05) is 32.0 Å². The number of aliphatic hydroxyl groups is 1. The van der Waals surface area contributed by atoms with E-state index < -0.39 is 11.9 Å². The van der Waals surface area contributed by atoms with Gasteiger partial charge in [-0.25, -0.2) is 9.59 Å². The summed E-state index contributed by atoms with van der Waals surface area (Å²) in [6, 6.07) is 12.2. The third kappa shape index (κ3) is 5.17. The Morgan fingerprint density at radius 1 is 0.846 bits per heavy atom. The smallest absolute Gasteiger partial charge is 0.338 e. The Bertz CT molecular complexity index is 728. The number of carbonyl (C=O) groups excluding carboxylic acids is 2. The average molecular weight is 356 g/mol. The Balaban J connectivity index is 2.45. The highest BCUT2D eigenvalue weighted by Gasteiger charge is 2.16. The van der Waals surface area contributed by atoms with Crippen LogP contribution in [0.5, 0.6) is 0 Å². The molecule has 0 aliphatic rings. The number of ether oxygens (including phenoxy) is 2. The van der Waals surface area contributed by atoms with E-state index in [1.165, 1.54) is 6.07 Å². The first-order valence-electron chi connectivity index (χ1n) is 8.78. The monoisotopic (exact) mass is 356 g/mol. The summed E-state index contributed by atoms with van der Waals surface area (Å²) in [5.41, 5.74) is 2.83. The van der Waals surface area contributed by atoms with Crippen molar-refractivity contribution in [1.82, 2.24) is 0 Å². The summed E-state index contributed by atoms with van der Waals surface area (Å²) in [7, 11) is 0. The summed E-state index contributed by atoms with van der Waals surface area (Å²) in [4.78, 5) is 24.6. The minimum Gasteiger partial charge on any atom is -0.462 e. The lowest BCUT2D eigenvalue weighted by Gasteiger charge is -2.11. The van der Waals surface area contributed by atoms with E-state index in [-0.39, 0.29) is 6.61 Å². The Morgan fingerprint density at radius 2 is 1.42 bits per heavy atom. The minimum atomic E-state index is -0.475. The predicted molar refractivity (Wildman–Crippen MR) is 98.9 cm³/mol. The highest BCUT2D eigenvalue weighted by Crippen LogP contribution is 2.25. The van der Waals surface area contributed by atoms with Crippen molar-refractivity contribution < 1.29 is 24.2 Å². The van der Waals surface area contributed by atoms with Crippen molar-refractivity contribution in [3.63, 3.8) is 0 Å². The van der Waals surface area contributed by atoms with Crippen LogP contribution in [0.3, 0.4) is 0 Å². The van der Waals surface area contributed by atoms with Gasteiger partial charge in [0.05, 0.1) is 30.9 Å². The molecule has 2 rings (SSSR count). The molecule has 5 heteroatoms. The van der Waals surface area contributed by atoms with Crippen LogP contribution in [0.4, 0.5) is 0 Å². The molecule has 0 saturated carbocycles. The number of hydrogen-bond acceptors (Lipinski definition) is 5. The molecule has 138 valence electrons. The van der Waals surface area contributed by atoms with Crippen LogP contribution in [0.15, 0.2) is 42.5 Å². The van der Waals surface area contributed by atoms with Crippen molar-refractivity contribution in [3.8, 4) is 11.1 Å². The molecule has 0 aliphatic heterocycles. The van der Waals surface area contributed by atoms with E-state index >= 15 is 0 Å². The third-order valence-corrected chi connectivity index (χ3v) is 3.72. The fourth-order valence-corrected chi connectivity index (χ4v) is 2.44. The van der Waals surface area contributed by atoms with Crippen molar-refractivity contribution in [2.75, 3.05) is 13.2 Å². The Hall–Kier alpha value is -2.66. The second kappa shape index (κ2) is 9.73. The van der Waals surface area contributed by atoms with Crippen LogP contribution in [-0.2, 0) is 16.1 Å². The molecule has 0 amide bonds. The number of hydrogen-bond donors (Lipinski definition) is 1. The molecule has 0 spiro atoms. The van der Waals surface area contributed by atoms with Crippen LogP contribution < -0.4 is 0 Å². The summed E-state index contributed by atoms with van der Waals surface area (Å²) >= 11 is 0. The van der Waals surface area contributed by atoms with E-state index in [9.17, 15) is 14.7 Å². The van der Waals surface area contributed by atoms with Gasteiger partial charge in [-0.05, 0) is 53.8 Å². The third-order valence-electron chi connectivity index (χ3n) is 3.72. The number of esters is 2. The molecule has 0 radical (unpaired) electrons. The van der Waals surface area contributed by atoms with Gasteiger partial charge in [-0.2, -0.15) is 0 Å². The zero-order valence-electron chi connectivity index (χ0n) is 15.2. The molecule has 0 fully saturated rings. The molecule has 5 nitrogen and oxygen atoms in total. The van der Waals surface area contributed by atoms with E-state index in [2.05, 4.69) is 0 Å². The van der Waals surface area contributed by atoms with E-state index in [1.54, 1.807) is 18.2 Å². The van der Waals surface area contributed by atoms with Crippen molar-refractivity contribution >= 4 is 11.9 Å². The molecule has 2 aromatic carbocycles. The van der Waals surface area contributed by atoms with Gasteiger partial charge < -0.3 is 14.6 Å². The second-order valence-corrected chi connectivity index (χ2v) is 5.93. The Labute approximate surface area is 153 Å². The summed E-state index contributed by atoms with van der Waals surface area (Å²) < 4.78 is 10.4. The zero-order chi connectivity index (χ0) is 18.9. The summed E-state index contributed by atoms with van der Waals surface area (Å²) in [6.07, 6.45) is 1.44. The van der Waals surface area contributed by atoms with Crippen LogP contribution in [0.2, 0.25) is 0 Å². The fraction of sp³-hybridized carbons (Fsp3) is 0.333. The molecule has 2 aromatic rings. The standard InChI is InChI=1S/C21H24O5/c1-3-8-25-20(23)18-11-17(16-7-5-6-15(10-16)14-22)12-19(13-18)21(24)26-9-4-2/h5-7,10-13,22H,3-4,8-9,14H2,1-2H3. The maximum Gasteiger partial charge on any atom is 0.338 e. The van der Waals surface area contributed by atoms with Gasteiger partial charge >= 0.3 is 11.9 Å². The van der Waals surface area contributed by atoms with Crippen LogP contribution in [-0.4, -0.2) is 30.3 Å². The number of rotatable bonds is 8. The normalized spacial score (nSPS) is 10.4. The van der Waals surface area contributed by atoms with E-state index in [4.69, 9.17) is 9.47 Å². The Morgan fingerprint density at radius 3 is 1.92 bits per heavy atom. The highest BCUT2D eigenvalue weighted by atomic mass is 16.5. The predicted octanol–water partition coefficient (Wildman–Crippen LogP) is 3.98. The van der Waals surface area contributed by atoms with E-state index in [0.29, 0.717) is 29.9 Å². The highest BCUT2D eigenvalue weighted by molar-refractivity contribution is 5.97. The van der Waals surface area contributed by atoms with Crippen LogP contribution in [0, 0.1) is 0 Å². The molecule has 0 atom stereocenters. The van der Waals surface area contributed by atoms with Gasteiger partial charge in [-0.3, -0.25) is 0 Å². The number of aliphatic hydroxyl groups excluding tert-OH is 1. The van der Waals surface area contributed by atoms with Gasteiger partial charge in [-0.15, -0.1) is 0 Å². The maximum absolute atomic E-state index is 12.3. The number of benzene rings is 2. The van der Waals surface area contributed by atoms with Crippen LogP contribution in [0.25, 0.3) is 11.1 Å². The van der Waals surface area contributed by atoms with Crippen molar-refractivity contribution in [2.24, 2.45) is 0 Å². The maximum atomic E-state index is 12.3. The van der Waals surface area contributed by atoms with Crippen molar-refractivity contribution in [1.29, 1.82) is 0 Å². The molecule has 0 saturated heterocycles. The number of carbonyl (C=O) groups is 2. The SMILES string of the molecule is CCCOC(=O)c1cc(C(=O)OCCC)cc(-c2cccc(CO)c2)c1. The molecule has 0 aromatic heterocycles. The first kappa shape index (κ1) is 19.7. The molecule has 0 aliphatic carbocycles. The summed E-state index contributed by atoms with van der Waals surface area (Å²) in [5, 5.41) is 9.34. The van der Waals surface area contributed by atoms with E-state index in [0.717, 1.165) is 24.0 Å². The molecular formula is C21H24O5. The summed E-state index contributed by atoms with van der Waals surface area (Å²) in [5.74, 6) is -0.951. The topological polar surface area (TPSA) is 72.8 Å². The van der Waals surface area contributed by atoms with Gasteiger partial charge in [0.15, 0.2) is 0 Å². The first-order chi connectivity index (χ1) is 12.6. The molecule has 0 bridgehead atoms. The molecule has 0 heterocycles. The molecular weight excluding hydrogens is 332 g/mol. The summed E-state index contributed by atoms with van der Waals surface area (Å²) in [6.45, 7) is 4.38. The first-order valence-corrected chi connectivity index (χ1v) is 8.78. The molecule has 0 unspecified atom stereocenters. The quantitative estimate of drug-likeness (QED) is 0.724. The molecule has 26 heavy (non-hydrogen) atoms. The van der Waals surface area contributed by atoms with Gasteiger partial charge in [0.1, 0.15) is 0 Å². The average Bonchev–Trinajstić information content (AvgIpc) is 2.69. The lowest BCUT2D eigenvalue weighted by atomic mass is 9.98. The zero-order valence-corrected chi connectivity index (χ0v) is 15.2. The van der Waals surface area contributed by atoms with Gasteiger partial charge in [0.25, 0.3) is 0 Å². The fourth-order valence-electron chi connectivity index (χ4n) is 2.44. The minimum absolute atomic E-state index is 0.0858. The molecule has 1 N–H and O–H groups in total. The lowest BCUT2D eigenvalue weighted by molar-refractivity contribution is 0.0503. The Kier molecular flexibility index (Phi) is 7.36.